The Morgan fingerprint density at radius 1 is 1.26 bits per heavy atom. The quantitative estimate of drug-likeness (QED) is 0.547. The second-order valence-electron chi connectivity index (χ2n) is 4.11. The standard InChI is InChI=1S/C16H23NO2/c1-4-7-8-12-19-16-14(13-17-5-2)10-9-11-15(16)18-6-3/h1,9-11,17H,5-8,12-13H2,2-3H3. The number of benzene rings is 1. The van der Waals surface area contributed by atoms with Gasteiger partial charge in [0.05, 0.1) is 13.2 Å². The van der Waals surface area contributed by atoms with Crippen molar-refractivity contribution in [2.75, 3.05) is 19.8 Å². The van der Waals surface area contributed by atoms with Crippen LogP contribution < -0.4 is 14.8 Å². The third-order valence-corrected chi connectivity index (χ3v) is 2.64. The third kappa shape index (κ3) is 5.23. The molecule has 1 N–H and O–H groups in total. The minimum atomic E-state index is 0.618. The van der Waals surface area contributed by atoms with Crippen LogP contribution >= 0.6 is 0 Å². The summed E-state index contributed by atoms with van der Waals surface area (Å²) in [5.41, 5.74) is 1.12. The molecule has 3 nitrogen and oxygen atoms in total. The summed E-state index contributed by atoms with van der Waals surface area (Å²) in [6.07, 6.45) is 6.84. The average molecular weight is 261 g/mol. The van der Waals surface area contributed by atoms with Gasteiger partial charge in [0.2, 0.25) is 0 Å². The summed E-state index contributed by atoms with van der Waals surface area (Å²) in [5, 5.41) is 3.31. The van der Waals surface area contributed by atoms with Crippen LogP contribution in [0.4, 0.5) is 0 Å². The van der Waals surface area contributed by atoms with Gasteiger partial charge in [-0.15, -0.1) is 12.3 Å². The molecule has 0 aliphatic heterocycles. The van der Waals surface area contributed by atoms with Crippen molar-refractivity contribution in [3.63, 3.8) is 0 Å². The minimum Gasteiger partial charge on any atom is -0.490 e. The second kappa shape index (κ2) is 9.29. The molecule has 1 rings (SSSR count). The molecule has 0 aliphatic carbocycles. The van der Waals surface area contributed by atoms with Gasteiger partial charge < -0.3 is 14.8 Å². The Morgan fingerprint density at radius 3 is 2.79 bits per heavy atom. The molecular formula is C16H23NO2. The number of para-hydroxylation sites is 1. The first-order valence-corrected chi connectivity index (χ1v) is 6.85. The van der Waals surface area contributed by atoms with E-state index >= 15 is 0 Å². The number of terminal acetylenes is 1. The molecule has 0 aliphatic rings. The fraction of sp³-hybridized carbons (Fsp3) is 0.500. The van der Waals surface area contributed by atoms with Crippen LogP contribution in [0, 0.1) is 12.3 Å². The topological polar surface area (TPSA) is 30.5 Å². The highest BCUT2D eigenvalue weighted by atomic mass is 16.5. The fourth-order valence-electron chi connectivity index (χ4n) is 1.74. The lowest BCUT2D eigenvalue weighted by Gasteiger charge is -2.16. The first-order valence-electron chi connectivity index (χ1n) is 6.85. The van der Waals surface area contributed by atoms with Gasteiger partial charge >= 0.3 is 0 Å². The van der Waals surface area contributed by atoms with E-state index in [1.807, 2.05) is 19.1 Å². The van der Waals surface area contributed by atoms with Crippen molar-refractivity contribution in [1.29, 1.82) is 0 Å². The molecule has 19 heavy (non-hydrogen) atoms. The van der Waals surface area contributed by atoms with E-state index in [1.54, 1.807) is 0 Å². The van der Waals surface area contributed by atoms with E-state index in [1.165, 1.54) is 0 Å². The normalized spacial score (nSPS) is 9.95. The molecular weight excluding hydrogens is 238 g/mol. The van der Waals surface area contributed by atoms with Gasteiger partial charge in [0.25, 0.3) is 0 Å². The van der Waals surface area contributed by atoms with Crippen molar-refractivity contribution in [2.24, 2.45) is 0 Å². The number of hydrogen-bond acceptors (Lipinski definition) is 3. The van der Waals surface area contributed by atoms with Crippen LogP contribution in [0.5, 0.6) is 11.5 Å². The van der Waals surface area contributed by atoms with Gasteiger partial charge in [-0.2, -0.15) is 0 Å². The van der Waals surface area contributed by atoms with E-state index in [4.69, 9.17) is 15.9 Å². The number of ether oxygens (including phenoxy) is 2. The van der Waals surface area contributed by atoms with Crippen LogP contribution in [0.15, 0.2) is 18.2 Å². The summed E-state index contributed by atoms with van der Waals surface area (Å²) in [7, 11) is 0. The number of nitrogens with one attached hydrogen (secondary N) is 1. The Kier molecular flexibility index (Phi) is 7.53. The molecule has 0 spiro atoms. The van der Waals surface area contributed by atoms with Crippen molar-refractivity contribution in [2.45, 2.75) is 33.2 Å². The molecule has 0 aromatic heterocycles. The lowest BCUT2D eigenvalue weighted by atomic mass is 10.2. The molecule has 0 unspecified atom stereocenters. The Balaban J connectivity index is 2.77. The first kappa shape index (κ1) is 15.4. The minimum absolute atomic E-state index is 0.618. The van der Waals surface area contributed by atoms with Crippen LogP contribution in [-0.2, 0) is 6.54 Å². The number of unbranched alkanes of at least 4 members (excludes halogenated alkanes) is 1. The van der Waals surface area contributed by atoms with Gasteiger partial charge in [-0.25, -0.2) is 0 Å². The van der Waals surface area contributed by atoms with Crippen LogP contribution in [0.25, 0.3) is 0 Å². The van der Waals surface area contributed by atoms with Crippen molar-refractivity contribution in [1.82, 2.24) is 5.32 Å². The second-order valence-corrected chi connectivity index (χ2v) is 4.11. The Bertz CT molecular complexity index is 410. The van der Waals surface area contributed by atoms with E-state index in [0.29, 0.717) is 13.2 Å². The largest absolute Gasteiger partial charge is 0.490 e. The maximum atomic E-state index is 5.86. The zero-order chi connectivity index (χ0) is 13.9. The van der Waals surface area contributed by atoms with Crippen molar-refractivity contribution >= 4 is 0 Å². The zero-order valence-electron chi connectivity index (χ0n) is 11.9. The third-order valence-electron chi connectivity index (χ3n) is 2.64. The number of rotatable bonds is 9. The van der Waals surface area contributed by atoms with Gasteiger partial charge in [0, 0.05) is 18.5 Å². The first-order chi connectivity index (χ1) is 9.33. The summed E-state index contributed by atoms with van der Waals surface area (Å²) in [4.78, 5) is 0. The molecule has 0 fully saturated rings. The highest BCUT2D eigenvalue weighted by molar-refractivity contribution is 5.46. The SMILES string of the molecule is C#CCCCOc1c(CNCC)cccc1OCC. The predicted molar refractivity (Wildman–Crippen MR) is 78.6 cm³/mol. The molecule has 0 saturated carbocycles. The predicted octanol–water partition coefficient (Wildman–Crippen LogP) is 2.99. The molecule has 0 saturated heterocycles. The molecule has 0 amide bonds. The lowest BCUT2D eigenvalue weighted by Crippen LogP contribution is -2.13. The molecule has 104 valence electrons. The van der Waals surface area contributed by atoms with Crippen LogP contribution in [-0.4, -0.2) is 19.8 Å². The molecule has 0 atom stereocenters. The Labute approximate surface area is 116 Å². The average Bonchev–Trinajstić information content (AvgIpc) is 2.43. The van der Waals surface area contributed by atoms with E-state index in [9.17, 15) is 0 Å². The van der Waals surface area contributed by atoms with E-state index in [0.717, 1.165) is 43.0 Å². The molecule has 1 aromatic carbocycles. The molecule has 1 aromatic rings. The van der Waals surface area contributed by atoms with E-state index in [2.05, 4.69) is 24.2 Å². The number of hydrogen-bond donors (Lipinski definition) is 1. The van der Waals surface area contributed by atoms with Crippen molar-refractivity contribution in [3.05, 3.63) is 23.8 Å². The summed E-state index contributed by atoms with van der Waals surface area (Å²) in [6, 6.07) is 5.99. The van der Waals surface area contributed by atoms with E-state index < -0.39 is 0 Å². The Morgan fingerprint density at radius 2 is 2.11 bits per heavy atom. The van der Waals surface area contributed by atoms with Gasteiger partial charge in [-0.3, -0.25) is 0 Å². The van der Waals surface area contributed by atoms with E-state index in [-0.39, 0.29) is 0 Å². The Hall–Kier alpha value is -1.66. The van der Waals surface area contributed by atoms with Gasteiger partial charge in [0.15, 0.2) is 11.5 Å². The maximum absolute atomic E-state index is 5.86. The summed E-state index contributed by atoms with van der Waals surface area (Å²) in [6.45, 7) is 7.01. The van der Waals surface area contributed by atoms with Crippen LogP contribution in [0.1, 0.15) is 32.3 Å². The zero-order valence-corrected chi connectivity index (χ0v) is 11.9. The highest BCUT2D eigenvalue weighted by Crippen LogP contribution is 2.31. The smallest absolute Gasteiger partial charge is 0.165 e. The fourth-order valence-corrected chi connectivity index (χ4v) is 1.74. The molecule has 0 heterocycles. The van der Waals surface area contributed by atoms with Crippen molar-refractivity contribution < 1.29 is 9.47 Å². The van der Waals surface area contributed by atoms with Gasteiger partial charge in [-0.1, -0.05) is 19.1 Å². The summed E-state index contributed by atoms with van der Waals surface area (Å²) in [5.74, 6) is 4.26. The molecule has 0 bridgehead atoms. The van der Waals surface area contributed by atoms with Gasteiger partial charge in [-0.05, 0) is 26.0 Å². The maximum Gasteiger partial charge on any atom is 0.165 e. The van der Waals surface area contributed by atoms with Gasteiger partial charge in [0.1, 0.15) is 0 Å². The monoisotopic (exact) mass is 261 g/mol. The van der Waals surface area contributed by atoms with Crippen molar-refractivity contribution in [3.8, 4) is 23.8 Å². The highest BCUT2D eigenvalue weighted by Gasteiger charge is 2.10. The molecule has 0 radical (unpaired) electrons. The van der Waals surface area contributed by atoms with Crippen LogP contribution in [0.2, 0.25) is 0 Å². The lowest BCUT2D eigenvalue weighted by molar-refractivity contribution is 0.271. The summed E-state index contributed by atoms with van der Waals surface area (Å²) < 4.78 is 11.5. The summed E-state index contributed by atoms with van der Waals surface area (Å²) >= 11 is 0. The van der Waals surface area contributed by atoms with Crippen LogP contribution in [0.3, 0.4) is 0 Å². The molecule has 3 heteroatoms.